The Morgan fingerprint density at radius 2 is 1.78 bits per heavy atom. The van der Waals surface area contributed by atoms with Gasteiger partial charge in [-0.1, -0.05) is 40.9 Å². The summed E-state index contributed by atoms with van der Waals surface area (Å²) in [7, 11) is -1.30. The van der Waals surface area contributed by atoms with Crippen molar-refractivity contribution >= 4 is 45.6 Å². The number of halogens is 3. The second-order valence-corrected chi connectivity index (χ2v) is 6.07. The van der Waals surface area contributed by atoms with Crippen LogP contribution in [-0.2, 0) is 16.6 Å². The zero-order valence-corrected chi connectivity index (χ0v) is 12.2. The van der Waals surface area contributed by atoms with E-state index in [-0.39, 0.29) is 5.75 Å². The third-order valence-corrected chi connectivity index (χ3v) is 4.74. The molecule has 0 aliphatic carbocycles. The minimum atomic E-state index is -1.30. The lowest BCUT2D eigenvalue weighted by molar-refractivity contribution is 0.680. The molecule has 18 heavy (non-hydrogen) atoms. The van der Waals surface area contributed by atoms with Crippen molar-refractivity contribution in [2.45, 2.75) is 10.8 Å². The molecule has 0 saturated heterocycles. The highest BCUT2D eigenvalue weighted by molar-refractivity contribution is 7.84. The van der Waals surface area contributed by atoms with Crippen molar-refractivity contribution < 1.29 is 4.21 Å². The Kier molecular flexibility index (Phi) is 4.62. The van der Waals surface area contributed by atoms with E-state index in [0.29, 0.717) is 25.7 Å². The van der Waals surface area contributed by atoms with E-state index in [1.165, 1.54) is 0 Å². The maximum absolute atomic E-state index is 12.1. The lowest BCUT2D eigenvalue weighted by Crippen LogP contribution is -2.00. The number of pyridine rings is 1. The van der Waals surface area contributed by atoms with E-state index < -0.39 is 10.8 Å². The van der Waals surface area contributed by atoms with E-state index in [9.17, 15) is 4.21 Å². The third-order valence-electron chi connectivity index (χ3n) is 2.29. The van der Waals surface area contributed by atoms with Crippen molar-refractivity contribution in [3.05, 3.63) is 57.2 Å². The maximum atomic E-state index is 12.1. The van der Waals surface area contributed by atoms with Gasteiger partial charge in [0.1, 0.15) is 5.03 Å². The van der Waals surface area contributed by atoms with Gasteiger partial charge in [0.15, 0.2) is 0 Å². The van der Waals surface area contributed by atoms with Crippen LogP contribution in [0, 0.1) is 0 Å². The zero-order valence-electron chi connectivity index (χ0n) is 9.07. The molecule has 0 N–H and O–H groups in total. The fraction of sp³-hybridized carbons (Fsp3) is 0.0833. The summed E-state index contributed by atoms with van der Waals surface area (Å²) >= 11 is 18.0. The molecular formula is C12H8Cl3NOS. The van der Waals surface area contributed by atoms with Gasteiger partial charge in [0, 0.05) is 16.8 Å². The number of nitrogens with zero attached hydrogens (tertiary/aromatic N) is 1. The van der Waals surface area contributed by atoms with E-state index in [4.69, 9.17) is 34.8 Å². The van der Waals surface area contributed by atoms with Crippen LogP contribution in [0.2, 0.25) is 15.1 Å². The molecule has 1 atom stereocenters. The molecule has 94 valence electrons. The van der Waals surface area contributed by atoms with Gasteiger partial charge in [-0.15, -0.1) is 0 Å². The van der Waals surface area contributed by atoms with Crippen LogP contribution in [0.1, 0.15) is 5.56 Å². The highest BCUT2D eigenvalue weighted by Crippen LogP contribution is 2.32. The Balaban J connectivity index is 2.30. The zero-order chi connectivity index (χ0) is 13.1. The monoisotopic (exact) mass is 319 g/mol. The average molecular weight is 321 g/mol. The molecule has 2 aromatic rings. The molecule has 0 bridgehead atoms. The third kappa shape index (κ3) is 3.04. The summed E-state index contributed by atoms with van der Waals surface area (Å²) in [6.45, 7) is 0. The van der Waals surface area contributed by atoms with Gasteiger partial charge in [0.2, 0.25) is 0 Å². The van der Waals surface area contributed by atoms with E-state index in [2.05, 4.69) is 4.98 Å². The quantitative estimate of drug-likeness (QED) is 0.787. The van der Waals surface area contributed by atoms with Crippen LogP contribution < -0.4 is 0 Å². The Labute approximate surface area is 122 Å². The number of aromatic nitrogens is 1. The van der Waals surface area contributed by atoms with Crippen molar-refractivity contribution in [1.82, 2.24) is 4.98 Å². The van der Waals surface area contributed by atoms with Crippen LogP contribution in [0.5, 0.6) is 0 Å². The summed E-state index contributed by atoms with van der Waals surface area (Å²) in [5.74, 6) is 0.190. The lowest BCUT2D eigenvalue weighted by Gasteiger charge is -2.08. The van der Waals surface area contributed by atoms with E-state index >= 15 is 0 Å². The summed E-state index contributed by atoms with van der Waals surface area (Å²) < 4.78 is 12.1. The first-order valence-corrected chi connectivity index (χ1v) is 7.46. The minimum absolute atomic E-state index is 0.190. The largest absolute Gasteiger partial charge is 0.252 e. The summed E-state index contributed by atoms with van der Waals surface area (Å²) in [4.78, 5) is 4.04. The molecule has 0 radical (unpaired) electrons. The SMILES string of the molecule is O=S(Cc1c(Cl)ccc(Cl)c1Cl)c1ccccn1. The number of hydrogen-bond acceptors (Lipinski definition) is 2. The van der Waals surface area contributed by atoms with E-state index in [1.54, 1.807) is 36.5 Å². The molecule has 2 rings (SSSR count). The molecular weight excluding hydrogens is 313 g/mol. The lowest BCUT2D eigenvalue weighted by atomic mass is 10.2. The van der Waals surface area contributed by atoms with Gasteiger partial charge < -0.3 is 0 Å². The van der Waals surface area contributed by atoms with E-state index in [1.807, 2.05) is 0 Å². The molecule has 0 fully saturated rings. The molecule has 1 unspecified atom stereocenters. The summed E-state index contributed by atoms with van der Waals surface area (Å²) in [5, 5.41) is 1.68. The molecule has 2 nitrogen and oxygen atoms in total. The fourth-order valence-corrected chi connectivity index (χ4v) is 3.35. The van der Waals surface area contributed by atoms with Gasteiger partial charge in [-0.2, -0.15) is 0 Å². The normalized spacial score (nSPS) is 12.4. The summed E-state index contributed by atoms with van der Waals surface area (Å²) in [6.07, 6.45) is 1.59. The minimum Gasteiger partial charge on any atom is -0.252 e. The Bertz CT molecular complexity index is 589. The molecule has 0 amide bonds. The van der Waals surface area contributed by atoms with Crippen molar-refractivity contribution in [3.63, 3.8) is 0 Å². The van der Waals surface area contributed by atoms with Crippen LogP contribution in [0.25, 0.3) is 0 Å². The molecule has 0 aliphatic heterocycles. The number of hydrogen-bond donors (Lipinski definition) is 0. The Morgan fingerprint density at radius 3 is 2.44 bits per heavy atom. The molecule has 0 aliphatic rings. The first-order valence-electron chi connectivity index (χ1n) is 5.01. The molecule has 6 heteroatoms. The Hall–Kier alpha value is -0.610. The summed E-state index contributed by atoms with van der Waals surface area (Å²) in [5.41, 5.74) is 0.579. The smallest absolute Gasteiger partial charge is 0.127 e. The van der Waals surface area contributed by atoms with Crippen LogP contribution in [0.4, 0.5) is 0 Å². The van der Waals surface area contributed by atoms with Gasteiger partial charge in [-0.05, 0) is 24.3 Å². The van der Waals surface area contributed by atoms with Gasteiger partial charge in [-0.3, -0.25) is 4.21 Å². The van der Waals surface area contributed by atoms with Crippen LogP contribution in [-0.4, -0.2) is 9.19 Å². The standard InChI is InChI=1S/C12H8Cl3NOS/c13-9-4-5-10(14)12(15)8(9)7-18(17)11-3-1-2-6-16-11/h1-6H,7H2. The van der Waals surface area contributed by atoms with Gasteiger partial charge >= 0.3 is 0 Å². The van der Waals surface area contributed by atoms with Crippen molar-refractivity contribution in [1.29, 1.82) is 0 Å². The molecule has 0 saturated carbocycles. The fourth-order valence-electron chi connectivity index (χ4n) is 1.39. The highest BCUT2D eigenvalue weighted by atomic mass is 35.5. The molecule has 1 aromatic heterocycles. The molecule has 1 aromatic carbocycles. The number of benzene rings is 1. The van der Waals surface area contributed by atoms with Crippen molar-refractivity contribution in [3.8, 4) is 0 Å². The van der Waals surface area contributed by atoms with Crippen LogP contribution in [0.15, 0.2) is 41.6 Å². The van der Waals surface area contributed by atoms with Crippen LogP contribution >= 0.6 is 34.8 Å². The Morgan fingerprint density at radius 1 is 1.06 bits per heavy atom. The maximum Gasteiger partial charge on any atom is 0.127 e. The molecule has 1 heterocycles. The van der Waals surface area contributed by atoms with Crippen molar-refractivity contribution in [2.75, 3.05) is 0 Å². The summed E-state index contributed by atoms with van der Waals surface area (Å²) in [6, 6.07) is 8.49. The predicted molar refractivity (Wildman–Crippen MR) is 75.8 cm³/mol. The van der Waals surface area contributed by atoms with Crippen molar-refractivity contribution in [2.24, 2.45) is 0 Å². The first-order chi connectivity index (χ1) is 8.59. The first kappa shape index (κ1) is 13.8. The predicted octanol–water partition coefficient (Wildman–Crippen LogP) is 4.35. The highest BCUT2D eigenvalue weighted by Gasteiger charge is 2.14. The second-order valence-electron chi connectivity index (χ2n) is 3.48. The van der Waals surface area contributed by atoms with Gasteiger partial charge in [0.25, 0.3) is 0 Å². The second kappa shape index (κ2) is 6.02. The average Bonchev–Trinajstić information content (AvgIpc) is 2.40. The van der Waals surface area contributed by atoms with Gasteiger partial charge in [0.05, 0.1) is 26.6 Å². The molecule has 0 spiro atoms. The van der Waals surface area contributed by atoms with E-state index in [0.717, 1.165) is 0 Å². The topological polar surface area (TPSA) is 30.0 Å². The number of rotatable bonds is 3. The van der Waals surface area contributed by atoms with Gasteiger partial charge in [-0.25, -0.2) is 4.98 Å². The van der Waals surface area contributed by atoms with Crippen LogP contribution in [0.3, 0.4) is 0 Å².